The van der Waals surface area contributed by atoms with Crippen molar-refractivity contribution in [3.63, 3.8) is 0 Å². The van der Waals surface area contributed by atoms with Crippen molar-refractivity contribution in [3.8, 4) is 0 Å². The van der Waals surface area contributed by atoms with Crippen LogP contribution in [0.15, 0.2) is 47.5 Å². The first-order valence-electron chi connectivity index (χ1n) is 11.9. The summed E-state index contributed by atoms with van der Waals surface area (Å²) in [4.78, 5) is 26.6. The van der Waals surface area contributed by atoms with Crippen molar-refractivity contribution in [2.24, 2.45) is 16.5 Å². The van der Waals surface area contributed by atoms with Crippen LogP contribution in [-0.2, 0) is 6.42 Å². The topological polar surface area (TPSA) is 131 Å². The number of guanidine groups is 1. The molecule has 1 amide bonds. The van der Waals surface area contributed by atoms with Gasteiger partial charge in [0, 0.05) is 11.9 Å². The lowest BCUT2D eigenvalue weighted by Crippen LogP contribution is -2.38. The fraction of sp³-hybridized carbons (Fsp3) is 0.385. The summed E-state index contributed by atoms with van der Waals surface area (Å²) >= 11 is 0. The molecule has 1 aliphatic rings. The Labute approximate surface area is 200 Å². The highest BCUT2D eigenvalue weighted by molar-refractivity contribution is 5.96. The average molecular weight is 460 g/mol. The molecule has 8 heteroatoms. The molecule has 1 aliphatic carbocycles. The number of aliphatic imine (C=N–C) groups is 1. The molecule has 1 heterocycles. The zero-order valence-electron chi connectivity index (χ0n) is 19.8. The first-order valence-corrected chi connectivity index (χ1v) is 11.9. The SMILES string of the molecule is Cc1ccc(CCNC(=O)c2nc(NC3CCCCC3N=C(N)N)c3cc(C)ccc3n2)cc1. The molecular weight excluding hydrogens is 426 g/mol. The number of aryl methyl sites for hydroxylation is 2. The van der Waals surface area contributed by atoms with E-state index in [9.17, 15) is 4.79 Å². The van der Waals surface area contributed by atoms with Crippen molar-refractivity contribution in [2.45, 2.75) is 58.0 Å². The number of anilines is 1. The first kappa shape index (κ1) is 23.5. The molecule has 0 radical (unpaired) electrons. The van der Waals surface area contributed by atoms with E-state index >= 15 is 0 Å². The van der Waals surface area contributed by atoms with Gasteiger partial charge in [-0.2, -0.15) is 0 Å². The van der Waals surface area contributed by atoms with Gasteiger partial charge in [0.25, 0.3) is 5.91 Å². The molecule has 2 atom stereocenters. The summed E-state index contributed by atoms with van der Waals surface area (Å²) in [5.41, 5.74) is 15.5. The Morgan fingerprint density at radius 2 is 1.76 bits per heavy atom. The average Bonchev–Trinajstić information content (AvgIpc) is 2.81. The zero-order chi connectivity index (χ0) is 24.1. The van der Waals surface area contributed by atoms with Gasteiger partial charge in [-0.1, -0.05) is 54.3 Å². The van der Waals surface area contributed by atoms with Gasteiger partial charge in [0.05, 0.1) is 17.6 Å². The van der Waals surface area contributed by atoms with Crippen LogP contribution in [0.4, 0.5) is 5.82 Å². The molecule has 0 saturated heterocycles. The van der Waals surface area contributed by atoms with E-state index in [1.54, 1.807) is 0 Å². The Hall–Kier alpha value is -3.68. The molecule has 1 fully saturated rings. The second kappa shape index (κ2) is 10.5. The molecule has 0 bridgehead atoms. The van der Waals surface area contributed by atoms with Crippen LogP contribution >= 0.6 is 0 Å². The molecule has 3 aromatic rings. The van der Waals surface area contributed by atoms with E-state index in [0.717, 1.165) is 48.6 Å². The predicted octanol–water partition coefficient (Wildman–Crippen LogP) is 3.22. The predicted molar refractivity (Wildman–Crippen MR) is 137 cm³/mol. The highest BCUT2D eigenvalue weighted by atomic mass is 16.2. The largest absolute Gasteiger partial charge is 0.370 e. The number of nitrogens with zero attached hydrogens (tertiary/aromatic N) is 3. The van der Waals surface area contributed by atoms with Gasteiger partial charge in [0.2, 0.25) is 5.82 Å². The monoisotopic (exact) mass is 459 g/mol. The van der Waals surface area contributed by atoms with Gasteiger partial charge < -0.3 is 22.1 Å². The van der Waals surface area contributed by atoms with Crippen molar-refractivity contribution in [1.82, 2.24) is 15.3 Å². The smallest absolute Gasteiger partial charge is 0.289 e. The van der Waals surface area contributed by atoms with E-state index in [2.05, 4.69) is 56.8 Å². The van der Waals surface area contributed by atoms with Crippen LogP contribution in [0.2, 0.25) is 0 Å². The van der Waals surface area contributed by atoms with Crippen molar-refractivity contribution in [1.29, 1.82) is 0 Å². The van der Waals surface area contributed by atoms with Gasteiger partial charge in [0.15, 0.2) is 5.96 Å². The lowest BCUT2D eigenvalue weighted by atomic mass is 9.90. The molecule has 1 saturated carbocycles. The van der Waals surface area contributed by atoms with Crippen LogP contribution in [0.25, 0.3) is 10.9 Å². The van der Waals surface area contributed by atoms with Gasteiger partial charge in [0.1, 0.15) is 5.82 Å². The number of carbonyl (C=O) groups is 1. The van der Waals surface area contributed by atoms with Gasteiger partial charge >= 0.3 is 0 Å². The van der Waals surface area contributed by atoms with Crippen LogP contribution in [0, 0.1) is 13.8 Å². The third-order valence-electron chi connectivity index (χ3n) is 6.24. The maximum Gasteiger partial charge on any atom is 0.289 e. The molecule has 1 aromatic heterocycles. The summed E-state index contributed by atoms with van der Waals surface area (Å²) in [5.74, 6) is 0.592. The Morgan fingerprint density at radius 1 is 1.03 bits per heavy atom. The van der Waals surface area contributed by atoms with Crippen molar-refractivity contribution in [2.75, 3.05) is 11.9 Å². The van der Waals surface area contributed by atoms with Crippen LogP contribution < -0.4 is 22.1 Å². The molecular formula is C26H33N7O. The van der Waals surface area contributed by atoms with Gasteiger partial charge in [-0.15, -0.1) is 0 Å². The summed E-state index contributed by atoms with van der Waals surface area (Å²) in [5, 5.41) is 7.38. The minimum absolute atomic E-state index is 0.0274. The Morgan fingerprint density at radius 3 is 2.53 bits per heavy atom. The van der Waals surface area contributed by atoms with Crippen LogP contribution in [0.1, 0.15) is 53.0 Å². The molecule has 34 heavy (non-hydrogen) atoms. The van der Waals surface area contributed by atoms with Crippen molar-refractivity contribution >= 4 is 28.6 Å². The number of nitrogens with one attached hydrogen (secondary N) is 2. The summed E-state index contributed by atoms with van der Waals surface area (Å²) in [7, 11) is 0. The van der Waals surface area contributed by atoms with E-state index in [-0.39, 0.29) is 29.8 Å². The molecule has 8 nitrogen and oxygen atoms in total. The molecule has 2 unspecified atom stereocenters. The highest BCUT2D eigenvalue weighted by Crippen LogP contribution is 2.28. The van der Waals surface area contributed by atoms with Crippen LogP contribution in [0.3, 0.4) is 0 Å². The normalized spacial score (nSPS) is 17.8. The van der Waals surface area contributed by atoms with Crippen molar-refractivity contribution < 1.29 is 4.79 Å². The lowest BCUT2D eigenvalue weighted by molar-refractivity contribution is 0.0944. The third kappa shape index (κ3) is 5.81. The summed E-state index contributed by atoms with van der Waals surface area (Å²) in [6, 6.07) is 14.3. The minimum atomic E-state index is -0.290. The quantitative estimate of drug-likeness (QED) is 0.317. The molecule has 4 rings (SSSR count). The van der Waals surface area contributed by atoms with E-state index in [1.165, 1.54) is 11.1 Å². The van der Waals surface area contributed by atoms with Gasteiger partial charge in [-0.25, -0.2) is 15.0 Å². The molecule has 0 aliphatic heterocycles. The van der Waals surface area contributed by atoms with Gasteiger partial charge in [-0.05, 0) is 50.8 Å². The fourth-order valence-corrected chi connectivity index (χ4v) is 4.41. The van der Waals surface area contributed by atoms with Gasteiger partial charge in [-0.3, -0.25) is 4.79 Å². The molecule has 178 valence electrons. The molecule has 0 spiro atoms. The zero-order valence-corrected chi connectivity index (χ0v) is 19.8. The van der Waals surface area contributed by atoms with Crippen molar-refractivity contribution in [3.05, 3.63) is 65.0 Å². The Bertz CT molecular complexity index is 1190. The third-order valence-corrected chi connectivity index (χ3v) is 6.24. The van der Waals surface area contributed by atoms with E-state index in [4.69, 9.17) is 11.5 Å². The number of aromatic nitrogens is 2. The number of hydrogen-bond donors (Lipinski definition) is 4. The van der Waals surface area contributed by atoms with E-state index in [0.29, 0.717) is 12.4 Å². The number of amides is 1. The fourth-order valence-electron chi connectivity index (χ4n) is 4.41. The Balaban J connectivity index is 1.56. The summed E-state index contributed by atoms with van der Waals surface area (Å²) in [6.45, 7) is 4.59. The number of carbonyl (C=O) groups excluding carboxylic acids is 1. The lowest BCUT2D eigenvalue weighted by Gasteiger charge is -2.30. The summed E-state index contributed by atoms with van der Waals surface area (Å²) in [6.07, 6.45) is 4.74. The second-order valence-electron chi connectivity index (χ2n) is 9.06. The maximum absolute atomic E-state index is 12.9. The maximum atomic E-state index is 12.9. The highest BCUT2D eigenvalue weighted by Gasteiger charge is 2.26. The standard InChI is InChI=1S/C26H33N7O/c1-16-7-10-18(11-8-16)13-14-29-25(34)24-30-20-12-9-17(2)15-19(20)23(33-24)31-21-5-3-4-6-22(21)32-26(27)28/h7-12,15,21-22H,3-6,13-14H2,1-2H3,(H,29,34)(H4,27,28,32)(H,30,31,33). The number of hydrogen-bond acceptors (Lipinski definition) is 5. The number of nitrogens with two attached hydrogens (primary N) is 2. The number of rotatable bonds is 7. The molecule has 6 N–H and O–H groups in total. The number of fused-ring (bicyclic) bond motifs is 1. The minimum Gasteiger partial charge on any atom is -0.370 e. The second-order valence-corrected chi connectivity index (χ2v) is 9.06. The van der Waals surface area contributed by atoms with Crippen LogP contribution in [-0.4, -0.2) is 40.5 Å². The van der Waals surface area contributed by atoms with E-state index < -0.39 is 0 Å². The van der Waals surface area contributed by atoms with E-state index in [1.807, 2.05) is 25.1 Å². The first-order chi connectivity index (χ1) is 16.4. The number of benzene rings is 2. The molecule has 2 aromatic carbocycles. The summed E-state index contributed by atoms with van der Waals surface area (Å²) < 4.78 is 0. The Kier molecular flexibility index (Phi) is 7.25. The van der Waals surface area contributed by atoms with Crippen LogP contribution in [0.5, 0.6) is 0 Å².